The molecule has 3 rings (SSSR count). The fraction of sp³-hybridized carbons (Fsp3) is 0.316. The molecule has 0 saturated carbocycles. The van der Waals surface area contributed by atoms with Gasteiger partial charge in [-0.3, -0.25) is 14.2 Å². The number of thioether (sulfide) groups is 1. The molecule has 0 aliphatic carbocycles. The highest BCUT2D eigenvalue weighted by Gasteiger charge is 2.14. The first-order valence-corrected chi connectivity index (χ1v) is 10.5. The summed E-state index contributed by atoms with van der Waals surface area (Å²) in [6.45, 7) is 4.68. The van der Waals surface area contributed by atoms with Gasteiger partial charge in [-0.1, -0.05) is 43.8 Å². The van der Waals surface area contributed by atoms with Crippen LogP contribution in [0.1, 0.15) is 25.8 Å². The van der Waals surface area contributed by atoms with E-state index in [9.17, 15) is 9.59 Å². The van der Waals surface area contributed by atoms with E-state index in [1.54, 1.807) is 4.57 Å². The first-order valence-electron chi connectivity index (χ1n) is 8.62. The number of rotatable bonds is 7. The summed E-state index contributed by atoms with van der Waals surface area (Å²) >= 11 is 2.71. The second-order valence-electron chi connectivity index (χ2n) is 5.83. The molecule has 0 bridgehead atoms. The number of hydrogen-bond donors (Lipinski definition) is 1. The maximum Gasteiger partial charge on any atom is 0.272 e. The second kappa shape index (κ2) is 8.51. The number of nitrogens with one attached hydrogen (secondary N) is 1. The Labute approximate surface area is 160 Å². The predicted molar refractivity (Wildman–Crippen MR) is 109 cm³/mol. The molecule has 0 fully saturated rings. The summed E-state index contributed by atoms with van der Waals surface area (Å²) < 4.78 is 2.35. The van der Waals surface area contributed by atoms with Gasteiger partial charge in [0, 0.05) is 12.2 Å². The highest BCUT2D eigenvalue weighted by atomic mass is 32.2. The van der Waals surface area contributed by atoms with E-state index in [0.717, 1.165) is 24.1 Å². The molecule has 1 N–H and O–H groups in total. The van der Waals surface area contributed by atoms with Crippen LogP contribution in [0.25, 0.3) is 10.2 Å². The highest BCUT2D eigenvalue weighted by molar-refractivity contribution is 7.99. The zero-order valence-electron chi connectivity index (χ0n) is 14.8. The largest absolute Gasteiger partial charge is 0.325 e. The Balaban J connectivity index is 1.77. The van der Waals surface area contributed by atoms with Gasteiger partial charge in [0.1, 0.15) is 4.70 Å². The molecule has 26 heavy (non-hydrogen) atoms. The van der Waals surface area contributed by atoms with E-state index in [2.05, 4.69) is 17.2 Å². The van der Waals surface area contributed by atoms with Gasteiger partial charge in [0.05, 0.1) is 11.3 Å². The van der Waals surface area contributed by atoms with Crippen LogP contribution in [0.5, 0.6) is 0 Å². The first-order chi connectivity index (χ1) is 12.6. The van der Waals surface area contributed by atoms with Crippen LogP contribution in [-0.2, 0) is 17.8 Å². The number of carbonyl (C=O) groups is 1. The van der Waals surface area contributed by atoms with E-state index >= 15 is 0 Å². The number of nitrogens with zero attached hydrogens (tertiary/aromatic N) is 2. The van der Waals surface area contributed by atoms with Crippen molar-refractivity contribution >= 4 is 44.9 Å². The smallest absolute Gasteiger partial charge is 0.272 e. The molecule has 2 heterocycles. The zero-order chi connectivity index (χ0) is 18.5. The van der Waals surface area contributed by atoms with E-state index in [0.29, 0.717) is 21.9 Å². The standard InChI is InChI=1S/C19H21N3O2S2/c1-3-10-22-18(24)17-15(9-11-25-17)21-19(22)26-12-16(23)20-14-8-6-5-7-13(14)4-2/h5-9,11H,3-4,10,12H2,1-2H3,(H,20,23). The van der Waals surface area contributed by atoms with Gasteiger partial charge < -0.3 is 5.32 Å². The van der Waals surface area contributed by atoms with Gasteiger partial charge in [-0.05, 0) is 35.9 Å². The molecule has 0 saturated heterocycles. The molecule has 7 heteroatoms. The first kappa shape index (κ1) is 18.7. The molecule has 0 spiro atoms. The second-order valence-corrected chi connectivity index (χ2v) is 7.69. The SMILES string of the molecule is CCCn1c(SCC(=O)Nc2ccccc2CC)nc2ccsc2c1=O. The van der Waals surface area contributed by atoms with Crippen LogP contribution in [-0.4, -0.2) is 21.2 Å². The van der Waals surface area contributed by atoms with Gasteiger partial charge in [-0.25, -0.2) is 4.98 Å². The van der Waals surface area contributed by atoms with E-state index < -0.39 is 0 Å². The highest BCUT2D eigenvalue weighted by Crippen LogP contribution is 2.22. The summed E-state index contributed by atoms with van der Waals surface area (Å²) in [5.41, 5.74) is 2.62. The summed E-state index contributed by atoms with van der Waals surface area (Å²) in [6.07, 6.45) is 1.69. The summed E-state index contributed by atoms with van der Waals surface area (Å²) in [4.78, 5) is 29.6. The van der Waals surface area contributed by atoms with Crippen LogP contribution in [0.4, 0.5) is 5.69 Å². The van der Waals surface area contributed by atoms with E-state index in [1.165, 1.54) is 23.1 Å². The lowest BCUT2D eigenvalue weighted by Gasteiger charge is -2.12. The quantitative estimate of drug-likeness (QED) is 0.488. The molecule has 0 atom stereocenters. The molecule has 136 valence electrons. The molecule has 5 nitrogen and oxygen atoms in total. The number of hydrogen-bond acceptors (Lipinski definition) is 5. The van der Waals surface area contributed by atoms with Crippen molar-refractivity contribution in [3.63, 3.8) is 0 Å². The van der Waals surface area contributed by atoms with Crippen LogP contribution in [0.15, 0.2) is 45.7 Å². The van der Waals surface area contributed by atoms with Gasteiger partial charge in [0.15, 0.2) is 5.16 Å². The average molecular weight is 388 g/mol. The molecular formula is C19H21N3O2S2. The van der Waals surface area contributed by atoms with Gasteiger partial charge in [0.25, 0.3) is 5.56 Å². The zero-order valence-corrected chi connectivity index (χ0v) is 16.5. The minimum atomic E-state index is -0.0985. The van der Waals surface area contributed by atoms with Gasteiger partial charge in [-0.15, -0.1) is 11.3 Å². The average Bonchev–Trinajstić information content (AvgIpc) is 3.12. The molecule has 0 radical (unpaired) electrons. The number of amides is 1. The van der Waals surface area contributed by atoms with Gasteiger partial charge in [0.2, 0.25) is 5.91 Å². The third kappa shape index (κ3) is 3.99. The summed E-state index contributed by atoms with van der Waals surface area (Å²) in [5, 5.41) is 5.43. The fourth-order valence-electron chi connectivity index (χ4n) is 2.72. The predicted octanol–water partition coefficient (Wildman–Crippen LogP) is 4.16. The Bertz CT molecular complexity index is 978. The third-order valence-corrected chi connectivity index (χ3v) is 5.85. The molecule has 1 aromatic carbocycles. The topological polar surface area (TPSA) is 64.0 Å². The van der Waals surface area contributed by atoms with Crippen molar-refractivity contribution in [1.29, 1.82) is 0 Å². The number of aryl methyl sites for hydroxylation is 1. The van der Waals surface area contributed by atoms with Crippen molar-refractivity contribution in [1.82, 2.24) is 9.55 Å². The summed E-state index contributed by atoms with van der Waals surface area (Å²) in [6, 6.07) is 9.64. The summed E-state index contributed by atoms with van der Waals surface area (Å²) in [7, 11) is 0. The minimum Gasteiger partial charge on any atom is -0.325 e. The number of anilines is 1. The monoisotopic (exact) mass is 387 g/mol. The van der Waals surface area contributed by atoms with Crippen LogP contribution < -0.4 is 10.9 Å². The molecule has 1 amide bonds. The van der Waals surface area contributed by atoms with Crippen LogP contribution in [0, 0.1) is 0 Å². The Kier molecular flexibility index (Phi) is 6.11. The molecule has 0 aliphatic heterocycles. The van der Waals surface area contributed by atoms with Crippen molar-refractivity contribution < 1.29 is 4.79 Å². The lowest BCUT2D eigenvalue weighted by molar-refractivity contribution is -0.113. The molecular weight excluding hydrogens is 366 g/mol. The minimum absolute atomic E-state index is 0.0221. The Hall–Kier alpha value is -2.12. The lowest BCUT2D eigenvalue weighted by atomic mass is 10.1. The van der Waals surface area contributed by atoms with Crippen molar-refractivity contribution in [2.75, 3.05) is 11.1 Å². The van der Waals surface area contributed by atoms with Crippen LogP contribution in [0.2, 0.25) is 0 Å². The Morgan fingerprint density at radius 2 is 2.08 bits per heavy atom. The van der Waals surface area contributed by atoms with Crippen molar-refractivity contribution in [3.05, 3.63) is 51.6 Å². The summed E-state index contributed by atoms with van der Waals surface area (Å²) in [5.74, 6) is 0.114. The van der Waals surface area contributed by atoms with Crippen molar-refractivity contribution in [2.45, 2.75) is 38.4 Å². The van der Waals surface area contributed by atoms with Crippen molar-refractivity contribution in [3.8, 4) is 0 Å². The number of aromatic nitrogens is 2. The Morgan fingerprint density at radius 3 is 2.85 bits per heavy atom. The lowest BCUT2D eigenvalue weighted by Crippen LogP contribution is -2.23. The number of thiophene rings is 1. The Morgan fingerprint density at radius 1 is 1.27 bits per heavy atom. The molecule has 3 aromatic rings. The molecule has 0 aliphatic rings. The normalized spacial score (nSPS) is 11.0. The molecule has 0 unspecified atom stereocenters. The number of carbonyl (C=O) groups excluding carboxylic acids is 1. The molecule has 2 aromatic heterocycles. The number of para-hydroxylation sites is 1. The number of benzene rings is 1. The van der Waals surface area contributed by atoms with E-state index in [1.807, 2.05) is 42.6 Å². The van der Waals surface area contributed by atoms with Crippen molar-refractivity contribution in [2.24, 2.45) is 0 Å². The van der Waals surface area contributed by atoms with Crippen LogP contribution >= 0.6 is 23.1 Å². The maximum absolute atomic E-state index is 12.6. The van der Waals surface area contributed by atoms with Crippen LogP contribution in [0.3, 0.4) is 0 Å². The van der Waals surface area contributed by atoms with E-state index in [4.69, 9.17) is 0 Å². The van der Waals surface area contributed by atoms with E-state index in [-0.39, 0.29) is 17.2 Å². The number of fused-ring (bicyclic) bond motifs is 1. The maximum atomic E-state index is 12.6. The third-order valence-electron chi connectivity index (χ3n) is 3.98. The fourth-order valence-corrected chi connectivity index (χ4v) is 4.33. The van der Waals surface area contributed by atoms with Gasteiger partial charge >= 0.3 is 0 Å². The van der Waals surface area contributed by atoms with Gasteiger partial charge in [-0.2, -0.15) is 0 Å².